The van der Waals surface area contributed by atoms with Gasteiger partial charge in [-0.05, 0) is 26.0 Å². The number of amides is 1. The Balaban J connectivity index is 1.90. The average Bonchev–Trinajstić information content (AvgIpc) is 3.12. The van der Waals surface area contributed by atoms with Crippen molar-refractivity contribution in [2.24, 2.45) is 5.73 Å². The Labute approximate surface area is 180 Å². The van der Waals surface area contributed by atoms with E-state index in [1.54, 1.807) is 23.3 Å². The zero-order chi connectivity index (χ0) is 23.2. The predicted octanol–water partition coefficient (Wildman–Crippen LogP) is 2.68. The molecule has 1 aromatic carbocycles. The predicted molar refractivity (Wildman–Crippen MR) is 107 cm³/mol. The summed E-state index contributed by atoms with van der Waals surface area (Å²) in [5.41, 5.74) is 4.65. The van der Waals surface area contributed by atoms with Crippen molar-refractivity contribution in [1.82, 2.24) is 24.4 Å². The molecular weight excluding hydrogens is 430 g/mol. The Hall–Kier alpha value is -3.54. The number of anilines is 2. The van der Waals surface area contributed by atoms with Crippen LogP contribution in [0.2, 0.25) is 0 Å². The van der Waals surface area contributed by atoms with E-state index in [1.165, 1.54) is 0 Å². The molecule has 0 saturated carbocycles. The monoisotopic (exact) mass is 449 g/mol. The second kappa shape index (κ2) is 7.86. The smallest absolute Gasteiger partial charge is 0.237 e. The van der Waals surface area contributed by atoms with Crippen LogP contribution in [0.3, 0.4) is 0 Å². The van der Waals surface area contributed by atoms with Gasteiger partial charge in [0.15, 0.2) is 23.3 Å². The lowest BCUT2D eigenvalue weighted by Gasteiger charge is -2.42. The van der Waals surface area contributed by atoms with Gasteiger partial charge in [0.05, 0.1) is 24.5 Å². The molecule has 0 unspecified atom stereocenters. The first-order chi connectivity index (χ1) is 15.1. The number of imidazole rings is 1. The van der Waals surface area contributed by atoms with E-state index < -0.39 is 28.8 Å². The van der Waals surface area contributed by atoms with E-state index in [0.29, 0.717) is 5.82 Å². The SMILES string of the molecule is CC1(C)c2nc(-c3cc(F)c(F)c(F)c3)c(Nc3ncc(F)cn3)n2CCN1C(=O)CN. The number of rotatable bonds is 4. The average molecular weight is 449 g/mol. The van der Waals surface area contributed by atoms with Crippen LogP contribution in [0.1, 0.15) is 19.7 Å². The van der Waals surface area contributed by atoms with Crippen LogP contribution in [0.15, 0.2) is 24.5 Å². The Bertz CT molecular complexity index is 1170. The molecule has 0 radical (unpaired) electrons. The summed E-state index contributed by atoms with van der Waals surface area (Å²) >= 11 is 0. The van der Waals surface area contributed by atoms with E-state index in [-0.39, 0.29) is 48.6 Å². The number of carbonyl (C=O) groups excluding carboxylic acids is 1. The number of nitrogens with two attached hydrogens (primary N) is 1. The topological polar surface area (TPSA) is 102 Å². The zero-order valence-corrected chi connectivity index (χ0v) is 17.2. The molecule has 1 aliphatic rings. The third-order valence-corrected chi connectivity index (χ3v) is 5.32. The highest BCUT2D eigenvalue weighted by molar-refractivity contribution is 5.80. The number of nitrogens with one attached hydrogen (secondary N) is 1. The maximum Gasteiger partial charge on any atom is 0.237 e. The molecule has 1 amide bonds. The molecule has 0 saturated heterocycles. The van der Waals surface area contributed by atoms with Gasteiger partial charge in [-0.2, -0.15) is 0 Å². The molecule has 4 rings (SSSR count). The van der Waals surface area contributed by atoms with Gasteiger partial charge in [0.25, 0.3) is 0 Å². The quantitative estimate of drug-likeness (QED) is 0.469. The Morgan fingerprint density at radius 1 is 1.12 bits per heavy atom. The van der Waals surface area contributed by atoms with Crippen LogP contribution in [0.4, 0.5) is 29.3 Å². The first kappa shape index (κ1) is 21.7. The van der Waals surface area contributed by atoms with Gasteiger partial charge >= 0.3 is 0 Å². The van der Waals surface area contributed by atoms with Crippen molar-refractivity contribution >= 4 is 17.7 Å². The maximum atomic E-state index is 14.0. The third-order valence-electron chi connectivity index (χ3n) is 5.32. The number of nitrogens with zero attached hydrogens (tertiary/aromatic N) is 5. The van der Waals surface area contributed by atoms with Crippen LogP contribution < -0.4 is 11.1 Å². The summed E-state index contributed by atoms with van der Waals surface area (Å²) in [6.45, 7) is 3.88. The van der Waals surface area contributed by atoms with E-state index in [2.05, 4.69) is 20.3 Å². The van der Waals surface area contributed by atoms with E-state index >= 15 is 0 Å². The molecule has 2 aromatic heterocycles. The minimum Gasteiger partial charge on any atom is -0.327 e. The van der Waals surface area contributed by atoms with Gasteiger partial charge < -0.3 is 20.5 Å². The molecule has 0 fully saturated rings. The number of hydrogen-bond donors (Lipinski definition) is 2. The van der Waals surface area contributed by atoms with Gasteiger partial charge in [-0.15, -0.1) is 0 Å². The van der Waals surface area contributed by atoms with Crippen molar-refractivity contribution in [3.63, 3.8) is 0 Å². The van der Waals surface area contributed by atoms with E-state index in [9.17, 15) is 22.4 Å². The van der Waals surface area contributed by atoms with Crippen molar-refractivity contribution in [2.75, 3.05) is 18.4 Å². The molecule has 0 bridgehead atoms. The molecule has 0 atom stereocenters. The summed E-state index contributed by atoms with van der Waals surface area (Å²) in [5.74, 6) is -4.64. The summed E-state index contributed by atoms with van der Waals surface area (Å²) in [4.78, 5) is 26.2. The maximum absolute atomic E-state index is 14.0. The number of aromatic nitrogens is 4. The standard InChI is InChI=1S/C20H19F4N7O/c1-20(2)18-28-16(10-5-12(22)15(24)13(23)6-10)17(29-19-26-8-11(21)9-27-19)30(18)3-4-31(20)14(32)7-25/h5-6,8-9H,3-4,7,25H2,1-2H3,(H,26,27,29). The van der Waals surface area contributed by atoms with Gasteiger partial charge in [-0.3, -0.25) is 4.79 Å². The molecular formula is C20H19F4N7O. The second-order valence-electron chi connectivity index (χ2n) is 7.70. The van der Waals surface area contributed by atoms with Crippen LogP contribution >= 0.6 is 0 Å². The van der Waals surface area contributed by atoms with E-state index in [4.69, 9.17) is 5.73 Å². The van der Waals surface area contributed by atoms with Crippen LogP contribution in [0.25, 0.3) is 11.3 Å². The molecule has 12 heteroatoms. The zero-order valence-electron chi connectivity index (χ0n) is 17.2. The molecule has 3 heterocycles. The van der Waals surface area contributed by atoms with Crippen molar-refractivity contribution in [3.8, 4) is 11.3 Å². The lowest BCUT2D eigenvalue weighted by atomic mass is 9.99. The molecule has 0 aliphatic carbocycles. The molecule has 3 aromatic rings. The van der Waals surface area contributed by atoms with E-state index in [0.717, 1.165) is 24.5 Å². The van der Waals surface area contributed by atoms with Gasteiger partial charge in [0.2, 0.25) is 11.9 Å². The van der Waals surface area contributed by atoms with Crippen molar-refractivity contribution in [1.29, 1.82) is 0 Å². The largest absolute Gasteiger partial charge is 0.327 e. The Morgan fingerprint density at radius 2 is 1.75 bits per heavy atom. The summed E-state index contributed by atoms with van der Waals surface area (Å²) in [6, 6.07) is 1.64. The molecule has 1 aliphatic heterocycles. The van der Waals surface area contributed by atoms with Gasteiger partial charge in [-0.25, -0.2) is 32.5 Å². The fraction of sp³-hybridized carbons (Fsp3) is 0.300. The summed E-state index contributed by atoms with van der Waals surface area (Å²) < 4.78 is 56.4. The number of benzene rings is 1. The second-order valence-corrected chi connectivity index (χ2v) is 7.70. The van der Waals surface area contributed by atoms with E-state index in [1.807, 2.05) is 0 Å². The lowest BCUT2D eigenvalue weighted by Crippen LogP contribution is -2.53. The number of halogens is 4. The molecule has 32 heavy (non-hydrogen) atoms. The molecule has 8 nitrogen and oxygen atoms in total. The fourth-order valence-corrected chi connectivity index (χ4v) is 3.79. The highest BCUT2D eigenvalue weighted by Gasteiger charge is 2.41. The first-order valence-corrected chi connectivity index (χ1v) is 9.64. The Morgan fingerprint density at radius 3 is 2.34 bits per heavy atom. The third kappa shape index (κ3) is 3.55. The number of fused-ring (bicyclic) bond motifs is 1. The van der Waals surface area contributed by atoms with Gasteiger partial charge in [0.1, 0.15) is 17.3 Å². The van der Waals surface area contributed by atoms with Crippen LogP contribution in [0, 0.1) is 23.3 Å². The fourth-order valence-electron chi connectivity index (χ4n) is 3.79. The van der Waals surface area contributed by atoms with Gasteiger partial charge in [-0.1, -0.05) is 0 Å². The van der Waals surface area contributed by atoms with Crippen LogP contribution in [0.5, 0.6) is 0 Å². The minimum absolute atomic E-state index is 0.0108. The molecule has 0 spiro atoms. The highest BCUT2D eigenvalue weighted by Crippen LogP contribution is 2.39. The number of hydrogen-bond acceptors (Lipinski definition) is 6. The highest BCUT2D eigenvalue weighted by atomic mass is 19.2. The van der Waals surface area contributed by atoms with Crippen molar-refractivity contribution in [3.05, 3.63) is 53.6 Å². The van der Waals surface area contributed by atoms with Crippen LogP contribution in [-0.2, 0) is 16.9 Å². The first-order valence-electron chi connectivity index (χ1n) is 9.64. The van der Waals surface area contributed by atoms with Crippen LogP contribution in [-0.4, -0.2) is 43.4 Å². The summed E-state index contributed by atoms with van der Waals surface area (Å²) in [6.07, 6.45) is 1.90. The Kier molecular flexibility index (Phi) is 5.33. The van der Waals surface area contributed by atoms with Crippen molar-refractivity contribution < 1.29 is 22.4 Å². The number of carbonyl (C=O) groups is 1. The van der Waals surface area contributed by atoms with Crippen molar-refractivity contribution in [2.45, 2.75) is 25.9 Å². The molecule has 168 valence electrons. The minimum atomic E-state index is -1.60. The van der Waals surface area contributed by atoms with Gasteiger partial charge in [0, 0.05) is 18.7 Å². The lowest BCUT2D eigenvalue weighted by molar-refractivity contribution is -0.137. The normalized spacial score (nSPS) is 14.9. The summed E-state index contributed by atoms with van der Waals surface area (Å²) in [7, 11) is 0. The summed E-state index contributed by atoms with van der Waals surface area (Å²) in [5, 5.41) is 2.90. The molecule has 3 N–H and O–H groups in total.